The second kappa shape index (κ2) is 16.0. The van der Waals surface area contributed by atoms with E-state index < -0.39 is 0 Å². The summed E-state index contributed by atoms with van der Waals surface area (Å²) >= 11 is 0. The van der Waals surface area contributed by atoms with Gasteiger partial charge in [0.1, 0.15) is 13.1 Å². The molecule has 5 heteroatoms. The van der Waals surface area contributed by atoms with E-state index in [1.54, 1.807) is 0 Å². The average Bonchev–Trinajstić information content (AvgIpc) is 2.80. The molecule has 0 saturated carbocycles. The van der Waals surface area contributed by atoms with Crippen LogP contribution in [-0.4, -0.2) is 74.9 Å². The Labute approximate surface area is 224 Å². The van der Waals surface area contributed by atoms with Crippen LogP contribution in [-0.2, 0) is 0 Å². The molecule has 2 rings (SSSR count). The maximum atomic E-state index is 12.5. The fraction of sp³-hybridized carbons (Fsp3) is 0.533. The van der Waals surface area contributed by atoms with Crippen molar-refractivity contribution in [3.8, 4) is 0 Å². The molecule has 2 aromatic carbocycles. The maximum absolute atomic E-state index is 12.5. The van der Waals surface area contributed by atoms with Crippen molar-refractivity contribution in [2.24, 2.45) is 0 Å². The fourth-order valence-electron chi connectivity index (χ4n) is 4.51. The molecule has 0 aliphatic rings. The van der Waals surface area contributed by atoms with Gasteiger partial charge in [-0.25, -0.2) is 0 Å². The van der Waals surface area contributed by atoms with Crippen molar-refractivity contribution >= 4 is 11.6 Å². The van der Waals surface area contributed by atoms with Crippen LogP contribution in [0.1, 0.15) is 72.1 Å². The first kappa shape index (κ1) is 31.2. The lowest BCUT2D eigenvalue weighted by atomic mass is 10.1. The van der Waals surface area contributed by atoms with Gasteiger partial charge in [0.15, 0.2) is 0 Å². The maximum Gasteiger partial charge on any atom is 0.216 e. The van der Waals surface area contributed by atoms with Gasteiger partial charge in [0, 0.05) is 11.1 Å². The van der Waals surface area contributed by atoms with Crippen LogP contribution >= 0.6 is 0 Å². The quantitative estimate of drug-likeness (QED) is 0.174. The van der Waals surface area contributed by atoms with Gasteiger partial charge in [0.05, 0.1) is 41.3 Å². The lowest BCUT2D eigenvalue weighted by Crippen LogP contribution is -3.00. The number of ketones is 2. The first-order chi connectivity index (χ1) is 16.2. The summed E-state index contributed by atoms with van der Waals surface area (Å²) < 4.78 is 1.52. The molecule has 0 atom stereocenters. The van der Waals surface area contributed by atoms with E-state index in [2.05, 4.69) is 28.2 Å². The Morgan fingerprint density at radius 1 is 0.514 bits per heavy atom. The SMILES string of the molecule is C[N+](C)(CCCCCCCCCC[N+](C)(C)CC(=O)c1ccccc1)CC(=O)c1ccccc1.[Br-]. The molecule has 0 fully saturated rings. The number of quaternary nitrogens is 2. The fourth-order valence-corrected chi connectivity index (χ4v) is 4.51. The summed E-state index contributed by atoms with van der Waals surface area (Å²) in [6.07, 6.45) is 9.98. The molecule has 0 radical (unpaired) electrons. The van der Waals surface area contributed by atoms with Gasteiger partial charge >= 0.3 is 0 Å². The van der Waals surface area contributed by atoms with E-state index in [9.17, 15) is 9.59 Å². The summed E-state index contributed by atoms with van der Waals surface area (Å²) in [5.74, 6) is 0.466. The van der Waals surface area contributed by atoms with E-state index in [1.807, 2.05) is 60.7 Å². The number of Topliss-reactive ketones (excluding diaryl/α,β-unsaturated/α-hetero) is 2. The molecule has 0 aliphatic carbocycles. The minimum Gasteiger partial charge on any atom is -1.00 e. The van der Waals surface area contributed by atoms with Crippen molar-refractivity contribution in [2.75, 3.05) is 54.4 Å². The molecule has 0 bridgehead atoms. The van der Waals surface area contributed by atoms with Crippen LogP contribution in [0.4, 0.5) is 0 Å². The zero-order chi connectivity index (χ0) is 24.9. The Hall–Kier alpha value is -1.82. The summed E-state index contributed by atoms with van der Waals surface area (Å²) in [5.41, 5.74) is 1.64. The van der Waals surface area contributed by atoms with E-state index in [4.69, 9.17) is 0 Å². The third-order valence-electron chi connectivity index (χ3n) is 6.61. The Bertz CT molecular complexity index is 793. The number of carbonyl (C=O) groups is 2. The Kier molecular flexibility index (Phi) is 14.3. The summed E-state index contributed by atoms with van der Waals surface area (Å²) in [4.78, 5) is 24.9. The molecule has 0 heterocycles. The minimum atomic E-state index is 0. The number of carbonyl (C=O) groups excluding carboxylic acids is 2. The van der Waals surface area contributed by atoms with Gasteiger partial charge in [-0.05, 0) is 25.7 Å². The zero-order valence-electron chi connectivity index (χ0n) is 22.3. The minimum absolute atomic E-state index is 0. The van der Waals surface area contributed by atoms with E-state index in [0.717, 1.165) is 33.2 Å². The highest BCUT2D eigenvalue weighted by Crippen LogP contribution is 2.13. The van der Waals surface area contributed by atoms with Crippen LogP contribution in [0, 0.1) is 0 Å². The summed E-state index contributed by atoms with van der Waals surface area (Å²) in [7, 11) is 8.64. The molecule has 2 aromatic rings. The van der Waals surface area contributed by atoms with Crippen LogP contribution in [0.15, 0.2) is 60.7 Å². The smallest absolute Gasteiger partial charge is 0.216 e. The van der Waals surface area contributed by atoms with Gasteiger partial charge in [-0.2, -0.15) is 0 Å². The second-order valence-electron chi connectivity index (χ2n) is 11.0. The number of likely N-dealkylation sites (N-methyl/N-ethyl adjacent to an activating group) is 2. The predicted octanol–water partition coefficient (Wildman–Crippen LogP) is 3.03. The van der Waals surface area contributed by atoms with Gasteiger partial charge in [-0.1, -0.05) is 86.3 Å². The van der Waals surface area contributed by atoms with Crippen LogP contribution in [0.25, 0.3) is 0 Å². The molecule has 0 saturated heterocycles. The average molecular weight is 547 g/mol. The van der Waals surface area contributed by atoms with Crippen molar-refractivity contribution in [1.82, 2.24) is 0 Å². The molecule has 0 aromatic heterocycles. The topological polar surface area (TPSA) is 34.1 Å². The van der Waals surface area contributed by atoms with Crippen LogP contribution in [0.5, 0.6) is 0 Å². The third kappa shape index (κ3) is 13.2. The second-order valence-corrected chi connectivity index (χ2v) is 11.0. The van der Waals surface area contributed by atoms with Crippen LogP contribution in [0.2, 0.25) is 0 Å². The molecular weight excluding hydrogens is 500 g/mol. The van der Waals surface area contributed by atoms with Crippen molar-refractivity contribution < 1.29 is 35.5 Å². The van der Waals surface area contributed by atoms with Gasteiger partial charge in [0.25, 0.3) is 0 Å². The molecule has 0 N–H and O–H groups in total. The number of unbranched alkanes of at least 4 members (excludes halogenated alkanes) is 7. The molecule has 0 amide bonds. The van der Waals surface area contributed by atoms with Crippen molar-refractivity contribution in [2.45, 2.75) is 51.4 Å². The molecule has 194 valence electrons. The molecular formula is C30H46BrN2O2+. The van der Waals surface area contributed by atoms with Crippen molar-refractivity contribution in [1.29, 1.82) is 0 Å². The number of hydrogen-bond donors (Lipinski definition) is 0. The highest BCUT2D eigenvalue weighted by atomic mass is 79.9. The number of benzene rings is 2. The summed E-state index contributed by atoms with van der Waals surface area (Å²) in [6, 6.07) is 19.3. The lowest BCUT2D eigenvalue weighted by molar-refractivity contribution is -0.882. The molecule has 0 unspecified atom stereocenters. The van der Waals surface area contributed by atoms with Gasteiger partial charge in [0.2, 0.25) is 11.6 Å². The normalized spacial score (nSPS) is 11.7. The zero-order valence-corrected chi connectivity index (χ0v) is 23.9. The summed E-state index contributed by atoms with van der Waals surface area (Å²) in [6.45, 7) is 3.23. The molecule has 4 nitrogen and oxygen atoms in total. The van der Waals surface area contributed by atoms with E-state index >= 15 is 0 Å². The Balaban J connectivity index is 0.00000612. The van der Waals surface area contributed by atoms with Crippen molar-refractivity contribution in [3.63, 3.8) is 0 Å². The van der Waals surface area contributed by atoms with Gasteiger partial charge < -0.3 is 25.9 Å². The number of hydrogen-bond acceptors (Lipinski definition) is 2. The molecule has 0 aliphatic heterocycles. The van der Waals surface area contributed by atoms with E-state index in [0.29, 0.717) is 13.1 Å². The highest BCUT2D eigenvalue weighted by molar-refractivity contribution is 5.97. The Morgan fingerprint density at radius 3 is 1.11 bits per heavy atom. The summed E-state index contributed by atoms with van der Waals surface area (Å²) in [5, 5.41) is 0. The number of rotatable bonds is 17. The Morgan fingerprint density at radius 2 is 0.800 bits per heavy atom. The van der Waals surface area contributed by atoms with Crippen LogP contribution < -0.4 is 17.0 Å². The monoisotopic (exact) mass is 545 g/mol. The standard InChI is InChI=1S/C30H46N2O2.BrH/c1-31(2,25-29(33)27-19-13-11-14-20-27)23-17-9-7-5-6-8-10-18-24-32(3,4)26-30(34)28-21-15-12-16-22-28;/h11-16,19-22H,5-10,17-18,23-26H2,1-4H3;1H/q+2;/p-1. The molecule has 0 spiro atoms. The lowest BCUT2D eigenvalue weighted by Gasteiger charge is -2.29. The third-order valence-corrected chi connectivity index (χ3v) is 6.61. The first-order valence-corrected chi connectivity index (χ1v) is 13.0. The van der Waals surface area contributed by atoms with E-state index in [-0.39, 0.29) is 28.5 Å². The van der Waals surface area contributed by atoms with Crippen molar-refractivity contribution in [3.05, 3.63) is 71.8 Å². The van der Waals surface area contributed by atoms with E-state index in [1.165, 1.54) is 51.4 Å². The first-order valence-electron chi connectivity index (χ1n) is 13.0. The van der Waals surface area contributed by atoms with Gasteiger partial charge in [-0.15, -0.1) is 0 Å². The predicted molar refractivity (Wildman–Crippen MR) is 142 cm³/mol. The van der Waals surface area contributed by atoms with Gasteiger partial charge in [-0.3, -0.25) is 9.59 Å². The van der Waals surface area contributed by atoms with Crippen LogP contribution in [0.3, 0.4) is 0 Å². The largest absolute Gasteiger partial charge is 1.00 e. The number of halogens is 1. The number of nitrogens with zero attached hydrogens (tertiary/aromatic N) is 2. The highest BCUT2D eigenvalue weighted by Gasteiger charge is 2.21. The molecule has 35 heavy (non-hydrogen) atoms.